The maximum atomic E-state index is 8.86. The molecule has 54 valence electrons. The van der Waals surface area contributed by atoms with Gasteiger partial charge in [-0.1, -0.05) is 0 Å². The second-order valence-electron chi connectivity index (χ2n) is 1.89. The Morgan fingerprint density at radius 2 is 2.11 bits per heavy atom. The predicted octanol–water partition coefficient (Wildman–Crippen LogP) is -2.44. The molecule has 0 unspecified atom stereocenters. The summed E-state index contributed by atoms with van der Waals surface area (Å²) in [6.07, 6.45) is -2.82. The van der Waals surface area contributed by atoms with Gasteiger partial charge in [-0.15, -0.1) is 0 Å². The van der Waals surface area contributed by atoms with Gasteiger partial charge in [0.05, 0.1) is 6.61 Å². The minimum atomic E-state index is -1.08. The van der Waals surface area contributed by atoms with Crippen molar-refractivity contribution in [2.45, 2.75) is 18.4 Å². The van der Waals surface area contributed by atoms with Crippen LogP contribution in [0.15, 0.2) is 0 Å². The van der Waals surface area contributed by atoms with Gasteiger partial charge in [0.1, 0.15) is 12.2 Å². The van der Waals surface area contributed by atoms with Gasteiger partial charge in [-0.2, -0.15) is 5.48 Å². The lowest BCUT2D eigenvalue weighted by molar-refractivity contribution is -0.0322. The lowest BCUT2D eigenvalue weighted by Gasteiger charge is -2.07. The summed E-state index contributed by atoms with van der Waals surface area (Å²) >= 11 is 0. The third-order valence-electron chi connectivity index (χ3n) is 1.22. The topological polar surface area (TPSA) is 82.0 Å². The molecule has 1 aliphatic rings. The molecule has 0 amide bonds. The summed E-state index contributed by atoms with van der Waals surface area (Å²) in [5, 5.41) is 26.0. The van der Waals surface area contributed by atoms with Crippen molar-refractivity contribution >= 4 is 0 Å². The van der Waals surface area contributed by atoms with Gasteiger partial charge in [-0.25, -0.2) is 0 Å². The molecule has 1 fully saturated rings. The van der Waals surface area contributed by atoms with Crippen LogP contribution in [0.25, 0.3) is 0 Å². The summed E-state index contributed by atoms with van der Waals surface area (Å²) in [4.78, 5) is 4.53. The molecule has 0 spiro atoms. The van der Waals surface area contributed by atoms with E-state index in [1.54, 1.807) is 0 Å². The van der Waals surface area contributed by atoms with Gasteiger partial charge in [-0.3, -0.25) is 4.84 Å². The molecule has 0 aliphatic carbocycles. The Balaban J connectivity index is 2.41. The van der Waals surface area contributed by atoms with E-state index >= 15 is 0 Å². The fraction of sp³-hybridized carbons (Fsp3) is 1.00. The van der Waals surface area contributed by atoms with Crippen molar-refractivity contribution in [3.8, 4) is 0 Å². The Bertz CT molecular complexity index is 98.6. The molecule has 9 heavy (non-hydrogen) atoms. The lowest BCUT2D eigenvalue weighted by atomic mass is 10.2. The van der Waals surface area contributed by atoms with E-state index < -0.39 is 18.4 Å². The highest BCUT2D eigenvalue weighted by Crippen LogP contribution is 2.07. The SMILES string of the molecule is OC[C@H]1ON[C@H](O)[C@@H]1O. The largest absolute Gasteiger partial charge is 0.393 e. The van der Waals surface area contributed by atoms with Crippen LogP contribution in [-0.2, 0) is 4.84 Å². The van der Waals surface area contributed by atoms with Gasteiger partial charge >= 0.3 is 0 Å². The molecule has 0 aromatic rings. The number of hydrogen-bond donors (Lipinski definition) is 4. The molecule has 1 aliphatic heterocycles. The molecule has 1 rings (SSSR count). The van der Waals surface area contributed by atoms with E-state index in [2.05, 4.69) is 10.3 Å². The molecule has 0 aromatic carbocycles. The van der Waals surface area contributed by atoms with Gasteiger partial charge < -0.3 is 15.3 Å². The summed E-state index contributed by atoms with van der Waals surface area (Å²) in [5.41, 5.74) is 2.12. The minimum Gasteiger partial charge on any atom is -0.393 e. The molecule has 5 nitrogen and oxygen atoms in total. The molecule has 1 saturated heterocycles. The second kappa shape index (κ2) is 2.59. The quantitative estimate of drug-likeness (QED) is 0.321. The highest BCUT2D eigenvalue weighted by atomic mass is 16.7. The van der Waals surface area contributed by atoms with Crippen LogP contribution in [0.5, 0.6) is 0 Å². The Labute approximate surface area is 51.8 Å². The van der Waals surface area contributed by atoms with E-state index in [-0.39, 0.29) is 6.61 Å². The number of aliphatic hydroxyl groups is 3. The van der Waals surface area contributed by atoms with Gasteiger partial charge in [0.25, 0.3) is 0 Å². The van der Waals surface area contributed by atoms with Crippen LogP contribution in [-0.4, -0.2) is 40.4 Å². The van der Waals surface area contributed by atoms with Crippen molar-refractivity contribution in [1.29, 1.82) is 0 Å². The highest BCUT2D eigenvalue weighted by Gasteiger charge is 2.33. The number of hydrogen-bond acceptors (Lipinski definition) is 5. The van der Waals surface area contributed by atoms with Crippen LogP contribution >= 0.6 is 0 Å². The van der Waals surface area contributed by atoms with Crippen LogP contribution in [0, 0.1) is 0 Å². The first-order valence-corrected chi connectivity index (χ1v) is 2.64. The highest BCUT2D eigenvalue weighted by molar-refractivity contribution is 4.76. The number of rotatable bonds is 1. The maximum Gasteiger partial charge on any atom is 0.155 e. The van der Waals surface area contributed by atoms with E-state index in [0.717, 1.165) is 0 Å². The first kappa shape index (κ1) is 6.91. The fourth-order valence-electron chi connectivity index (χ4n) is 0.645. The lowest BCUT2D eigenvalue weighted by Crippen LogP contribution is -2.33. The van der Waals surface area contributed by atoms with Crippen molar-refractivity contribution < 1.29 is 20.2 Å². The van der Waals surface area contributed by atoms with Gasteiger partial charge in [0.2, 0.25) is 0 Å². The molecule has 0 aromatic heterocycles. The van der Waals surface area contributed by atoms with Crippen molar-refractivity contribution in [3.05, 3.63) is 0 Å². The van der Waals surface area contributed by atoms with Crippen LogP contribution in [0.2, 0.25) is 0 Å². The summed E-state index contributed by atoms with van der Waals surface area (Å²) in [7, 11) is 0. The first-order chi connectivity index (χ1) is 4.25. The van der Waals surface area contributed by atoms with E-state index in [4.69, 9.17) is 15.3 Å². The van der Waals surface area contributed by atoms with Crippen molar-refractivity contribution in [2.24, 2.45) is 0 Å². The summed E-state index contributed by atoms with van der Waals surface area (Å²) in [6.45, 7) is -0.300. The summed E-state index contributed by atoms with van der Waals surface area (Å²) in [6, 6.07) is 0. The zero-order valence-corrected chi connectivity index (χ0v) is 4.69. The molecule has 4 N–H and O–H groups in total. The zero-order chi connectivity index (χ0) is 6.85. The third-order valence-corrected chi connectivity index (χ3v) is 1.22. The van der Waals surface area contributed by atoms with Crippen molar-refractivity contribution in [2.75, 3.05) is 6.61 Å². The van der Waals surface area contributed by atoms with Crippen LogP contribution in [0.3, 0.4) is 0 Å². The average Bonchev–Trinajstić information content (AvgIpc) is 2.15. The molecule has 0 bridgehead atoms. The van der Waals surface area contributed by atoms with E-state index in [9.17, 15) is 0 Å². The van der Waals surface area contributed by atoms with Crippen LogP contribution in [0.1, 0.15) is 0 Å². The number of hydroxylamine groups is 1. The molecule has 1 heterocycles. The van der Waals surface area contributed by atoms with Crippen LogP contribution < -0.4 is 5.48 Å². The van der Waals surface area contributed by atoms with E-state index in [1.165, 1.54) is 0 Å². The molecule has 0 radical (unpaired) electrons. The smallest absolute Gasteiger partial charge is 0.155 e. The molecule has 3 atom stereocenters. The molecule has 0 saturated carbocycles. The Hall–Kier alpha value is -0.200. The van der Waals surface area contributed by atoms with Crippen molar-refractivity contribution in [1.82, 2.24) is 5.48 Å². The number of nitrogens with one attached hydrogen (secondary N) is 1. The maximum absolute atomic E-state index is 8.86. The Morgan fingerprint density at radius 3 is 2.33 bits per heavy atom. The normalized spacial score (nSPS) is 43.7. The molecular formula is C4H9NO4. The monoisotopic (exact) mass is 135 g/mol. The van der Waals surface area contributed by atoms with Crippen molar-refractivity contribution in [3.63, 3.8) is 0 Å². The minimum absolute atomic E-state index is 0.300. The fourth-order valence-corrected chi connectivity index (χ4v) is 0.645. The van der Waals surface area contributed by atoms with E-state index in [0.29, 0.717) is 0 Å². The Kier molecular flexibility index (Phi) is 1.99. The molecule has 5 heteroatoms. The molecular weight excluding hydrogens is 126 g/mol. The summed E-state index contributed by atoms with van der Waals surface area (Å²) in [5.74, 6) is 0. The number of aliphatic hydroxyl groups excluding tert-OH is 3. The first-order valence-electron chi connectivity index (χ1n) is 2.64. The average molecular weight is 135 g/mol. The van der Waals surface area contributed by atoms with Gasteiger partial charge in [0, 0.05) is 0 Å². The van der Waals surface area contributed by atoms with E-state index in [1.807, 2.05) is 0 Å². The Morgan fingerprint density at radius 1 is 1.44 bits per heavy atom. The summed E-state index contributed by atoms with van der Waals surface area (Å²) < 4.78 is 0. The van der Waals surface area contributed by atoms with Gasteiger partial charge in [-0.05, 0) is 0 Å². The standard InChI is InChI=1S/C4H9NO4/c6-1-2-3(7)4(8)5-9-2/h2-8H,1H2/t2-,3-,4-/m1/s1. The predicted molar refractivity (Wildman–Crippen MR) is 27.1 cm³/mol. The zero-order valence-electron chi connectivity index (χ0n) is 4.69. The van der Waals surface area contributed by atoms with Crippen LogP contribution in [0.4, 0.5) is 0 Å². The van der Waals surface area contributed by atoms with Gasteiger partial charge in [0.15, 0.2) is 6.23 Å². The third kappa shape index (κ3) is 1.20. The second-order valence-corrected chi connectivity index (χ2v) is 1.89.